The van der Waals surface area contributed by atoms with Crippen molar-refractivity contribution in [2.24, 2.45) is 21.7 Å². The summed E-state index contributed by atoms with van der Waals surface area (Å²) in [6.45, 7) is 0. The summed E-state index contributed by atoms with van der Waals surface area (Å²) in [7, 11) is 0. The van der Waals surface area contributed by atoms with Crippen molar-refractivity contribution >= 4 is 29.5 Å². The van der Waals surface area contributed by atoms with Crippen molar-refractivity contribution in [3.05, 3.63) is 28.8 Å². The Balaban J connectivity index is 2.87. The van der Waals surface area contributed by atoms with Crippen LogP contribution < -0.4 is 17.2 Å². The molecule has 0 saturated carbocycles. The average Bonchev–Trinajstić information content (AvgIpc) is 2.08. The predicted octanol–water partition coefficient (Wildman–Crippen LogP) is 0.530. The van der Waals surface area contributed by atoms with Gasteiger partial charge in [0.15, 0.2) is 0 Å². The zero-order valence-corrected chi connectivity index (χ0v) is 8.07. The van der Waals surface area contributed by atoms with Gasteiger partial charge >= 0.3 is 0 Å². The Kier molecular flexibility index (Phi) is 3.30. The quantitative estimate of drug-likeness (QED) is 0.288. The van der Waals surface area contributed by atoms with Crippen molar-refractivity contribution < 1.29 is 0 Å². The fourth-order valence-corrected chi connectivity index (χ4v) is 1.04. The second-order valence-corrected chi connectivity index (χ2v) is 2.96. The summed E-state index contributed by atoms with van der Waals surface area (Å²) in [6.07, 6.45) is 1.45. The van der Waals surface area contributed by atoms with Crippen molar-refractivity contribution in [2.75, 3.05) is 5.73 Å². The van der Waals surface area contributed by atoms with Gasteiger partial charge in [-0.25, -0.2) is 0 Å². The largest absolute Gasteiger partial charge is 0.399 e. The summed E-state index contributed by atoms with van der Waals surface area (Å²) >= 11 is 5.86. The number of rotatable bonds is 2. The van der Waals surface area contributed by atoms with E-state index in [9.17, 15) is 0 Å². The highest BCUT2D eigenvalue weighted by Gasteiger charge is 1.96. The third-order valence-electron chi connectivity index (χ3n) is 1.39. The fourth-order valence-electron chi connectivity index (χ4n) is 0.806. The first-order chi connectivity index (χ1) is 6.59. The smallest absolute Gasteiger partial charge is 0.211 e. The molecule has 0 atom stereocenters. The molecule has 1 aromatic carbocycles. The first-order valence-electron chi connectivity index (χ1n) is 3.76. The fraction of sp³-hybridized carbons (Fsp3) is 0. The van der Waals surface area contributed by atoms with E-state index < -0.39 is 0 Å². The van der Waals surface area contributed by atoms with Gasteiger partial charge in [0.1, 0.15) is 0 Å². The molecule has 14 heavy (non-hydrogen) atoms. The lowest BCUT2D eigenvalue weighted by Gasteiger charge is -1.97. The van der Waals surface area contributed by atoms with Gasteiger partial charge < -0.3 is 17.2 Å². The number of nitrogen functional groups attached to an aromatic ring is 1. The van der Waals surface area contributed by atoms with E-state index in [2.05, 4.69) is 10.2 Å². The standard InChI is InChI=1S/C8H10ClN5/c9-7-3-6(10)2-1-5(7)4-13-14-8(11)12/h1-4H,10H2,(H4,11,12,14)/b13-4+. The molecule has 6 heteroatoms. The summed E-state index contributed by atoms with van der Waals surface area (Å²) in [5, 5.41) is 7.55. The minimum atomic E-state index is -0.104. The Bertz CT molecular complexity index is 381. The molecule has 0 amide bonds. The molecular weight excluding hydrogens is 202 g/mol. The van der Waals surface area contributed by atoms with E-state index in [0.29, 0.717) is 16.3 Å². The second kappa shape index (κ2) is 4.48. The molecule has 0 unspecified atom stereocenters. The van der Waals surface area contributed by atoms with E-state index in [-0.39, 0.29) is 5.96 Å². The van der Waals surface area contributed by atoms with Crippen molar-refractivity contribution in [2.45, 2.75) is 0 Å². The molecule has 0 heterocycles. The van der Waals surface area contributed by atoms with Crippen molar-refractivity contribution in [1.29, 1.82) is 0 Å². The van der Waals surface area contributed by atoms with Crippen LogP contribution in [-0.2, 0) is 0 Å². The van der Waals surface area contributed by atoms with Crippen molar-refractivity contribution in [1.82, 2.24) is 0 Å². The van der Waals surface area contributed by atoms with Crippen LogP contribution in [-0.4, -0.2) is 12.2 Å². The van der Waals surface area contributed by atoms with Gasteiger partial charge in [0.25, 0.3) is 0 Å². The maximum Gasteiger partial charge on any atom is 0.211 e. The second-order valence-electron chi connectivity index (χ2n) is 2.55. The molecule has 0 fully saturated rings. The van der Waals surface area contributed by atoms with Gasteiger partial charge in [0.05, 0.1) is 11.2 Å². The van der Waals surface area contributed by atoms with Gasteiger partial charge in [0, 0.05) is 11.3 Å². The lowest BCUT2D eigenvalue weighted by atomic mass is 10.2. The van der Waals surface area contributed by atoms with Crippen LogP contribution in [0.5, 0.6) is 0 Å². The molecule has 5 nitrogen and oxygen atoms in total. The zero-order chi connectivity index (χ0) is 10.6. The Morgan fingerprint density at radius 1 is 1.36 bits per heavy atom. The van der Waals surface area contributed by atoms with Crippen molar-refractivity contribution in [3.63, 3.8) is 0 Å². The van der Waals surface area contributed by atoms with Crippen LogP contribution in [0.3, 0.4) is 0 Å². The van der Waals surface area contributed by atoms with Gasteiger partial charge in [-0.15, -0.1) is 5.10 Å². The van der Waals surface area contributed by atoms with E-state index in [1.54, 1.807) is 18.2 Å². The number of benzene rings is 1. The SMILES string of the molecule is NC(N)=N/N=C/c1ccc(N)cc1Cl. The Morgan fingerprint density at radius 3 is 2.64 bits per heavy atom. The third-order valence-corrected chi connectivity index (χ3v) is 1.72. The van der Waals surface area contributed by atoms with Gasteiger partial charge in [-0.05, 0) is 18.2 Å². The molecule has 0 aliphatic rings. The van der Waals surface area contributed by atoms with Crippen LogP contribution in [0.25, 0.3) is 0 Å². The Labute approximate surface area is 86.2 Å². The van der Waals surface area contributed by atoms with E-state index >= 15 is 0 Å². The summed E-state index contributed by atoms with van der Waals surface area (Å²) in [5.41, 5.74) is 17.0. The molecular formula is C8H10ClN5. The normalized spacial score (nSPS) is 10.4. The highest BCUT2D eigenvalue weighted by molar-refractivity contribution is 6.33. The van der Waals surface area contributed by atoms with Crippen molar-refractivity contribution in [3.8, 4) is 0 Å². The maximum absolute atomic E-state index is 5.86. The maximum atomic E-state index is 5.86. The molecule has 0 radical (unpaired) electrons. The molecule has 1 rings (SSSR count). The molecule has 0 aliphatic heterocycles. The first-order valence-corrected chi connectivity index (χ1v) is 4.14. The van der Waals surface area contributed by atoms with Crippen LogP contribution in [0.15, 0.2) is 28.4 Å². The predicted molar refractivity (Wildman–Crippen MR) is 59.3 cm³/mol. The highest BCUT2D eigenvalue weighted by Crippen LogP contribution is 2.17. The summed E-state index contributed by atoms with van der Waals surface area (Å²) < 4.78 is 0. The monoisotopic (exact) mass is 211 g/mol. The summed E-state index contributed by atoms with van der Waals surface area (Å²) in [5.74, 6) is -0.104. The van der Waals surface area contributed by atoms with Gasteiger partial charge in [-0.3, -0.25) is 0 Å². The molecule has 0 bridgehead atoms. The highest BCUT2D eigenvalue weighted by atomic mass is 35.5. The zero-order valence-electron chi connectivity index (χ0n) is 7.31. The molecule has 0 saturated heterocycles. The van der Waals surface area contributed by atoms with Gasteiger partial charge in [0.2, 0.25) is 5.96 Å². The third kappa shape index (κ3) is 2.95. The minimum absolute atomic E-state index is 0.104. The van der Waals surface area contributed by atoms with Crippen LogP contribution in [0.1, 0.15) is 5.56 Å². The first kappa shape index (κ1) is 10.3. The summed E-state index contributed by atoms with van der Waals surface area (Å²) in [4.78, 5) is 0. The Morgan fingerprint density at radius 2 is 2.07 bits per heavy atom. The molecule has 1 aromatic rings. The van der Waals surface area contributed by atoms with Crippen LogP contribution in [0, 0.1) is 0 Å². The van der Waals surface area contributed by atoms with Crippen LogP contribution >= 0.6 is 11.6 Å². The lowest BCUT2D eigenvalue weighted by molar-refractivity contribution is 1.21. The molecule has 0 aliphatic carbocycles. The number of guanidine groups is 1. The van der Waals surface area contributed by atoms with Gasteiger partial charge in [-0.1, -0.05) is 11.6 Å². The van der Waals surface area contributed by atoms with E-state index in [1.165, 1.54) is 6.21 Å². The van der Waals surface area contributed by atoms with E-state index in [1.807, 2.05) is 0 Å². The van der Waals surface area contributed by atoms with Gasteiger partial charge in [-0.2, -0.15) is 5.10 Å². The molecule has 0 spiro atoms. The number of anilines is 1. The average molecular weight is 212 g/mol. The van der Waals surface area contributed by atoms with E-state index in [4.69, 9.17) is 28.8 Å². The topological polar surface area (TPSA) is 103 Å². The Hall–Kier alpha value is -1.75. The number of nitrogens with two attached hydrogens (primary N) is 3. The van der Waals surface area contributed by atoms with Crippen LogP contribution in [0.2, 0.25) is 5.02 Å². The van der Waals surface area contributed by atoms with Crippen LogP contribution in [0.4, 0.5) is 5.69 Å². The van der Waals surface area contributed by atoms with E-state index in [0.717, 1.165) is 0 Å². The number of nitrogens with zero attached hydrogens (tertiary/aromatic N) is 2. The number of hydrogen-bond acceptors (Lipinski definition) is 3. The number of hydrogen-bond donors (Lipinski definition) is 3. The lowest BCUT2D eigenvalue weighted by Crippen LogP contribution is -2.21. The number of halogens is 1. The summed E-state index contributed by atoms with van der Waals surface area (Å²) in [6, 6.07) is 5.06. The molecule has 0 aromatic heterocycles. The molecule has 6 N–H and O–H groups in total. The molecule has 74 valence electrons. The minimum Gasteiger partial charge on any atom is -0.399 e.